The molecule has 2 aromatic carbocycles. The number of carbonyl (C=O) groups is 2. The number of ether oxygens (including phenoxy) is 1. The van der Waals surface area contributed by atoms with Crippen molar-refractivity contribution in [2.45, 2.75) is 45.8 Å². The third kappa shape index (κ3) is 4.78. The predicted molar refractivity (Wildman–Crippen MR) is 108 cm³/mol. The number of rotatable bonds is 2. The van der Waals surface area contributed by atoms with Crippen LogP contribution in [0.2, 0.25) is 0 Å². The topological polar surface area (TPSA) is 79.5 Å². The average Bonchev–Trinajstić information content (AvgIpc) is 2.69. The van der Waals surface area contributed by atoms with Gasteiger partial charge in [-0.3, -0.25) is 10.1 Å². The van der Waals surface area contributed by atoms with Crippen LogP contribution < -0.4 is 16.0 Å². The first-order valence-electron chi connectivity index (χ1n) is 9.01. The Morgan fingerprint density at radius 1 is 1.19 bits per heavy atom. The third-order valence-electron chi connectivity index (χ3n) is 4.04. The van der Waals surface area contributed by atoms with Gasteiger partial charge in [-0.25, -0.2) is 4.79 Å². The van der Waals surface area contributed by atoms with Gasteiger partial charge in [0, 0.05) is 23.7 Å². The number of hydrogen-bond donors (Lipinski definition) is 3. The molecule has 2 amide bonds. The Kier molecular flexibility index (Phi) is 5.08. The number of hydrogen-bond acceptors (Lipinski definition) is 4. The summed E-state index contributed by atoms with van der Waals surface area (Å²) in [7, 11) is 0. The maximum atomic E-state index is 12.0. The lowest BCUT2D eigenvalue weighted by Gasteiger charge is -2.20. The van der Waals surface area contributed by atoms with E-state index in [1.165, 1.54) is 0 Å². The summed E-state index contributed by atoms with van der Waals surface area (Å²) in [6.07, 6.45) is -0.0838. The number of amides is 2. The normalized spacial score (nSPS) is 16.4. The third-order valence-corrected chi connectivity index (χ3v) is 4.04. The summed E-state index contributed by atoms with van der Waals surface area (Å²) < 4.78 is 5.31. The van der Waals surface area contributed by atoms with Crippen LogP contribution in [0.3, 0.4) is 0 Å². The Bertz CT molecular complexity index is 871. The van der Waals surface area contributed by atoms with Crippen molar-refractivity contribution in [3.05, 3.63) is 42.5 Å². The van der Waals surface area contributed by atoms with Crippen molar-refractivity contribution in [1.29, 1.82) is 0 Å². The van der Waals surface area contributed by atoms with Crippen molar-refractivity contribution in [2.75, 3.05) is 16.0 Å². The summed E-state index contributed by atoms with van der Waals surface area (Å²) in [5.74, 6) is -0.00811. The highest BCUT2D eigenvalue weighted by Crippen LogP contribution is 2.37. The molecular formula is C21H25N3O3. The van der Waals surface area contributed by atoms with E-state index >= 15 is 0 Å². The van der Waals surface area contributed by atoms with Crippen LogP contribution in [0.1, 0.15) is 34.1 Å². The first-order chi connectivity index (χ1) is 12.7. The molecule has 0 aromatic heterocycles. The summed E-state index contributed by atoms with van der Waals surface area (Å²) in [5.41, 5.74) is 3.60. The summed E-state index contributed by atoms with van der Waals surface area (Å²) in [6.45, 7) is 7.45. The van der Waals surface area contributed by atoms with Crippen LogP contribution in [0.15, 0.2) is 42.5 Å². The SMILES string of the molecule is CC1CC(=O)Nc2cccc(-c3cccc(NC(=O)OC(C)(C)C)c3)c2N1. The Morgan fingerprint density at radius 2 is 1.93 bits per heavy atom. The van der Waals surface area contributed by atoms with E-state index in [0.717, 1.165) is 22.5 Å². The highest BCUT2D eigenvalue weighted by Gasteiger charge is 2.21. The molecule has 6 nitrogen and oxygen atoms in total. The molecule has 1 atom stereocenters. The van der Waals surface area contributed by atoms with Crippen molar-refractivity contribution in [3.63, 3.8) is 0 Å². The van der Waals surface area contributed by atoms with E-state index in [0.29, 0.717) is 12.1 Å². The van der Waals surface area contributed by atoms with Crippen molar-refractivity contribution >= 4 is 29.1 Å². The molecule has 1 heterocycles. The van der Waals surface area contributed by atoms with E-state index in [2.05, 4.69) is 16.0 Å². The Morgan fingerprint density at radius 3 is 2.67 bits per heavy atom. The predicted octanol–water partition coefficient (Wildman–Crippen LogP) is 4.84. The molecule has 1 aliphatic rings. The fraction of sp³-hybridized carbons (Fsp3) is 0.333. The van der Waals surface area contributed by atoms with Gasteiger partial charge in [0.25, 0.3) is 0 Å². The second kappa shape index (κ2) is 7.31. The fourth-order valence-electron chi connectivity index (χ4n) is 3.02. The molecule has 3 N–H and O–H groups in total. The van der Waals surface area contributed by atoms with E-state index in [1.807, 2.05) is 70.2 Å². The average molecular weight is 367 g/mol. The number of anilines is 3. The smallest absolute Gasteiger partial charge is 0.412 e. The molecule has 3 rings (SSSR count). The number of fused-ring (bicyclic) bond motifs is 1. The number of nitrogens with one attached hydrogen (secondary N) is 3. The molecule has 0 saturated carbocycles. The quantitative estimate of drug-likeness (QED) is 0.709. The van der Waals surface area contributed by atoms with Gasteiger partial charge in [-0.1, -0.05) is 24.3 Å². The number of para-hydroxylation sites is 1. The summed E-state index contributed by atoms with van der Waals surface area (Å²) in [4.78, 5) is 24.0. The first-order valence-corrected chi connectivity index (χ1v) is 9.01. The van der Waals surface area contributed by atoms with Gasteiger partial charge in [0.1, 0.15) is 5.60 Å². The van der Waals surface area contributed by atoms with Crippen LogP contribution >= 0.6 is 0 Å². The van der Waals surface area contributed by atoms with Gasteiger partial charge < -0.3 is 15.4 Å². The zero-order chi connectivity index (χ0) is 19.6. The van der Waals surface area contributed by atoms with Crippen molar-refractivity contribution in [2.24, 2.45) is 0 Å². The number of carbonyl (C=O) groups excluding carboxylic acids is 2. The molecule has 1 aliphatic heterocycles. The molecule has 27 heavy (non-hydrogen) atoms. The molecule has 0 aliphatic carbocycles. The molecule has 0 saturated heterocycles. The minimum atomic E-state index is -0.559. The van der Waals surface area contributed by atoms with Gasteiger partial charge in [-0.15, -0.1) is 0 Å². The van der Waals surface area contributed by atoms with Crippen LogP contribution in [-0.2, 0) is 9.53 Å². The molecule has 1 unspecified atom stereocenters. The van der Waals surface area contributed by atoms with Crippen molar-refractivity contribution in [3.8, 4) is 11.1 Å². The number of benzene rings is 2. The molecule has 0 bridgehead atoms. The zero-order valence-corrected chi connectivity index (χ0v) is 16.1. The lowest BCUT2D eigenvalue weighted by Crippen LogP contribution is -2.27. The van der Waals surface area contributed by atoms with Crippen LogP contribution in [0, 0.1) is 0 Å². The van der Waals surface area contributed by atoms with E-state index in [1.54, 1.807) is 0 Å². The van der Waals surface area contributed by atoms with Crippen LogP contribution in [-0.4, -0.2) is 23.6 Å². The van der Waals surface area contributed by atoms with Gasteiger partial charge in [0.2, 0.25) is 5.91 Å². The maximum absolute atomic E-state index is 12.0. The molecule has 142 valence electrons. The second-order valence-corrected chi connectivity index (χ2v) is 7.73. The standard InChI is InChI=1S/C21H25N3O3/c1-13-11-18(25)24-17-10-6-9-16(19(17)22-13)14-7-5-8-15(12-14)23-20(26)27-21(2,3)4/h5-10,12-13,22H,11H2,1-4H3,(H,23,26)(H,24,25). The maximum Gasteiger partial charge on any atom is 0.412 e. The van der Waals surface area contributed by atoms with Crippen molar-refractivity contribution in [1.82, 2.24) is 0 Å². The molecule has 6 heteroatoms. The van der Waals surface area contributed by atoms with Crippen molar-refractivity contribution < 1.29 is 14.3 Å². The second-order valence-electron chi connectivity index (χ2n) is 7.73. The van der Waals surface area contributed by atoms with Crippen LogP contribution in [0.4, 0.5) is 21.9 Å². The lowest BCUT2D eigenvalue weighted by molar-refractivity contribution is -0.116. The monoisotopic (exact) mass is 367 g/mol. The Balaban J connectivity index is 1.91. The molecule has 0 spiro atoms. The molecule has 2 aromatic rings. The van der Waals surface area contributed by atoms with Gasteiger partial charge in [0.15, 0.2) is 0 Å². The van der Waals surface area contributed by atoms with Crippen LogP contribution in [0.5, 0.6) is 0 Å². The summed E-state index contributed by atoms with van der Waals surface area (Å²) in [5, 5.41) is 9.13. The first kappa shape index (κ1) is 18.8. The summed E-state index contributed by atoms with van der Waals surface area (Å²) in [6, 6.07) is 13.3. The van der Waals surface area contributed by atoms with Crippen LogP contribution in [0.25, 0.3) is 11.1 Å². The zero-order valence-electron chi connectivity index (χ0n) is 16.1. The van der Waals surface area contributed by atoms with Gasteiger partial charge in [-0.05, 0) is 51.5 Å². The highest BCUT2D eigenvalue weighted by molar-refractivity contribution is 6.00. The van der Waals surface area contributed by atoms with E-state index < -0.39 is 11.7 Å². The van der Waals surface area contributed by atoms with E-state index in [4.69, 9.17) is 4.74 Å². The fourth-order valence-corrected chi connectivity index (χ4v) is 3.02. The largest absolute Gasteiger partial charge is 0.444 e. The molecular weight excluding hydrogens is 342 g/mol. The lowest BCUT2D eigenvalue weighted by atomic mass is 10.0. The highest BCUT2D eigenvalue weighted by atomic mass is 16.6. The minimum absolute atomic E-state index is 0.00811. The summed E-state index contributed by atoms with van der Waals surface area (Å²) >= 11 is 0. The van der Waals surface area contributed by atoms with Gasteiger partial charge in [0.05, 0.1) is 11.4 Å². The van der Waals surface area contributed by atoms with E-state index in [9.17, 15) is 9.59 Å². The minimum Gasteiger partial charge on any atom is -0.444 e. The molecule has 0 radical (unpaired) electrons. The van der Waals surface area contributed by atoms with E-state index in [-0.39, 0.29) is 11.9 Å². The molecule has 0 fully saturated rings. The Hall–Kier alpha value is -3.02. The van der Waals surface area contributed by atoms with Gasteiger partial charge in [-0.2, -0.15) is 0 Å². The Labute approximate surface area is 159 Å². The van der Waals surface area contributed by atoms with Gasteiger partial charge >= 0.3 is 6.09 Å².